The Morgan fingerprint density at radius 2 is 0.985 bits per heavy atom. The van der Waals surface area contributed by atoms with Gasteiger partial charge in [0.2, 0.25) is 0 Å². The summed E-state index contributed by atoms with van der Waals surface area (Å²) in [5.74, 6) is 1.42. The first-order chi connectivity index (χ1) is 31.5. The van der Waals surface area contributed by atoms with E-state index in [2.05, 4.69) is 203 Å². The highest BCUT2D eigenvalue weighted by molar-refractivity contribution is 7.00. The minimum Gasteiger partial charge on any atom is -0.311 e. The zero-order valence-electron chi connectivity index (χ0n) is 38.8. The van der Waals surface area contributed by atoms with E-state index in [4.69, 9.17) is 0 Å². The number of hydrogen-bond donors (Lipinski definition) is 0. The molecule has 6 atom stereocenters. The summed E-state index contributed by atoms with van der Waals surface area (Å²) >= 11 is 0. The molecule has 318 valence electrons. The van der Waals surface area contributed by atoms with Crippen molar-refractivity contribution in [2.45, 2.75) is 90.9 Å². The molecule has 0 amide bonds. The van der Waals surface area contributed by atoms with Crippen LogP contribution in [0, 0.1) is 33.5 Å². The number of hydrogen-bond acceptors (Lipinski definition) is 2. The molecule has 4 saturated carbocycles. The third-order valence-electron chi connectivity index (χ3n) is 21.4. The zero-order chi connectivity index (χ0) is 43.6. The summed E-state index contributed by atoms with van der Waals surface area (Å²) < 4.78 is 0. The second-order valence-corrected chi connectivity index (χ2v) is 23.3. The number of rotatable bonds is 2. The summed E-state index contributed by atoms with van der Waals surface area (Å²) in [4.78, 5) is 5.31. The van der Waals surface area contributed by atoms with E-state index < -0.39 is 0 Å². The van der Waals surface area contributed by atoms with Gasteiger partial charge in [-0.15, -0.1) is 0 Å². The molecule has 3 heteroatoms. The van der Waals surface area contributed by atoms with Gasteiger partial charge in [0.15, 0.2) is 0 Å². The average molecular weight is 841 g/mol. The molecular weight excluding hydrogens is 784 g/mol. The van der Waals surface area contributed by atoms with Gasteiger partial charge in [-0.1, -0.05) is 151 Å². The van der Waals surface area contributed by atoms with Gasteiger partial charge in [-0.3, -0.25) is 0 Å². The van der Waals surface area contributed by atoms with Crippen LogP contribution in [0.1, 0.15) is 102 Å². The molecule has 2 heterocycles. The van der Waals surface area contributed by atoms with Crippen molar-refractivity contribution in [2.75, 3.05) is 9.80 Å². The van der Waals surface area contributed by atoms with Gasteiger partial charge in [-0.05, 0) is 170 Å². The van der Waals surface area contributed by atoms with Gasteiger partial charge < -0.3 is 9.80 Å². The molecule has 7 aromatic carbocycles. The Morgan fingerprint density at radius 1 is 0.446 bits per heavy atom. The first kappa shape index (κ1) is 37.4. The van der Waals surface area contributed by atoms with E-state index in [1.54, 1.807) is 22.3 Å². The van der Waals surface area contributed by atoms with Crippen molar-refractivity contribution in [1.29, 1.82) is 0 Å². The normalized spacial score (nSPS) is 30.0. The molecular formula is C62H57BN2. The van der Waals surface area contributed by atoms with Crippen molar-refractivity contribution in [3.05, 3.63) is 174 Å². The van der Waals surface area contributed by atoms with Crippen LogP contribution in [0.5, 0.6) is 0 Å². The summed E-state index contributed by atoms with van der Waals surface area (Å²) in [6, 6.07) is 59.7. The van der Waals surface area contributed by atoms with Crippen molar-refractivity contribution in [3.63, 3.8) is 0 Å². The van der Waals surface area contributed by atoms with Gasteiger partial charge in [0.1, 0.15) is 0 Å². The topological polar surface area (TPSA) is 6.48 Å². The van der Waals surface area contributed by atoms with Crippen LogP contribution in [0.3, 0.4) is 0 Å². The highest BCUT2D eigenvalue weighted by atomic mass is 15.2. The lowest BCUT2D eigenvalue weighted by Gasteiger charge is -2.49. The molecule has 0 aromatic heterocycles. The fourth-order valence-corrected chi connectivity index (χ4v) is 17.7. The van der Waals surface area contributed by atoms with Crippen LogP contribution < -0.4 is 26.2 Å². The highest BCUT2D eigenvalue weighted by Gasteiger charge is 2.73. The van der Waals surface area contributed by atoms with E-state index in [-0.39, 0.29) is 39.2 Å². The van der Waals surface area contributed by atoms with E-state index >= 15 is 0 Å². The van der Waals surface area contributed by atoms with E-state index in [1.165, 1.54) is 111 Å². The molecule has 2 aliphatic heterocycles. The molecule has 15 rings (SSSR count). The van der Waals surface area contributed by atoms with Crippen molar-refractivity contribution in [3.8, 4) is 22.3 Å². The van der Waals surface area contributed by atoms with Crippen LogP contribution in [0.2, 0.25) is 0 Å². The van der Waals surface area contributed by atoms with Crippen LogP contribution in [0.15, 0.2) is 152 Å². The Hall–Kier alpha value is -5.80. The SMILES string of the molecule is CC1(C)C2CCC1(C)[C@@]1(C2)c2ccccc2-c2cc3c(cc21)B1c2ccc4c(c2N(c2ccccc2)c2cccc(c21)N3c1ccccc1)-c1ccccc1[C@]41CC2CCC1(C)C2(C)C. The summed E-state index contributed by atoms with van der Waals surface area (Å²) in [7, 11) is 0. The van der Waals surface area contributed by atoms with E-state index in [0.29, 0.717) is 11.8 Å². The van der Waals surface area contributed by atoms with E-state index in [1.807, 2.05) is 0 Å². The molecule has 2 nitrogen and oxygen atoms in total. The second kappa shape index (κ2) is 11.8. The van der Waals surface area contributed by atoms with Crippen molar-refractivity contribution in [2.24, 2.45) is 33.5 Å². The maximum Gasteiger partial charge on any atom is 0.252 e. The van der Waals surface area contributed by atoms with Crippen LogP contribution in [-0.2, 0) is 10.8 Å². The third kappa shape index (κ3) is 3.90. The Morgan fingerprint density at radius 3 is 1.58 bits per heavy atom. The first-order valence-electron chi connectivity index (χ1n) is 24.9. The molecule has 4 fully saturated rings. The van der Waals surface area contributed by atoms with E-state index in [9.17, 15) is 0 Å². The van der Waals surface area contributed by atoms with Crippen molar-refractivity contribution < 1.29 is 0 Å². The molecule has 7 aromatic rings. The molecule has 0 radical (unpaired) electrons. The molecule has 4 bridgehead atoms. The molecule has 8 aliphatic rings. The zero-order valence-corrected chi connectivity index (χ0v) is 38.8. The smallest absolute Gasteiger partial charge is 0.252 e. The first-order valence-corrected chi connectivity index (χ1v) is 24.9. The van der Waals surface area contributed by atoms with Crippen molar-refractivity contribution in [1.82, 2.24) is 0 Å². The Kier molecular flexibility index (Phi) is 6.78. The molecule has 4 unspecified atom stereocenters. The average Bonchev–Trinajstić information content (AvgIpc) is 4.02. The summed E-state index contributed by atoms with van der Waals surface area (Å²) in [6.45, 7) is 15.8. The largest absolute Gasteiger partial charge is 0.311 e. The predicted molar refractivity (Wildman–Crippen MR) is 271 cm³/mol. The van der Waals surface area contributed by atoms with Gasteiger partial charge in [-0.2, -0.15) is 0 Å². The molecule has 0 saturated heterocycles. The van der Waals surface area contributed by atoms with Gasteiger partial charge in [0, 0.05) is 50.5 Å². The summed E-state index contributed by atoms with van der Waals surface area (Å²) in [5.41, 5.74) is 24.9. The van der Waals surface area contributed by atoms with Gasteiger partial charge >= 0.3 is 0 Å². The van der Waals surface area contributed by atoms with E-state index in [0.717, 1.165) is 0 Å². The molecule has 65 heavy (non-hydrogen) atoms. The molecule has 2 spiro atoms. The standard InChI is InChI=1S/C62H57BN2/c1-57(2)38-30-32-59(57,5)61(36-38)46-25-16-14-23-43(46)54-47(61)28-29-49-56(54)65(41-20-11-8-12-21-41)52-27-17-26-51-55(52)63(49)50-35-48-44(34-53(50)64(51)40-18-9-7-10-19-40)42-22-13-15-24-45(42)62(48)37-39-31-33-60(62,6)58(39,3)4/h7-29,34-35,38-39H,30-33,36-37H2,1-6H3/t38?,39?,59?,60?,61-,62+/m1/s1. The summed E-state index contributed by atoms with van der Waals surface area (Å²) in [5, 5.41) is 0. The van der Waals surface area contributed by atoms with Crippen LogP contribution >= 0.6 is 0 Å². The monoisotopic (exact) mass is 840 g/mol. The fourth-order valence-electron chi connectivity index (χ4n) is 17.7. The lowest BCUT2D eigenvalue weighted by Crippen LogP contribution is -2.62. The minimum atomic E-state index is -0.0292. The third-order valence-corrected chi connectivity index (χ3v) is 21.4. The highest BCUT2D eigenvalue weighted by Crippen LogP contribution is 2.80. The predicted octanol–water partition coefficient (Wildman–Crippen LogP) is 14.0. The molecule has 6 aliphatic carbocycles. The van der Waals surface area contributed by atoms with Gasteiger partial charge in [0.05, 0.1) is 0 Å². The molecule has 0 N–H and O–H groups in total. The Labute approximate surface area is 385 Å². The van der Waals surface area contributed by atoms with Gasteiger partial charge in [0.25, 0.3) is 6.71 Å². The Balaban J connectivity index is 1.07. The summed E-state index contributed by atoms with van der Waals surface area (Å²) in [6.07, 6.45) is 7.69. The lowest BCUT2D eigenvalue weighted by atomic mass is 9.33. The van der Waals surface area contributed by atoms with Crippen LogP contribution in [0.25, 0.3) is 22.3 Å². The number of benzene rings is 7. The number of nitrogens with zero attached hydrogens (tertiary/aromatic N) is 2. The Bertz CT molecular complexity index is 3260. The van der Waals surface area contributed by atoms with Crippen molar-refractivity contribution >= 4 is 57.2 Å². The quantitative estimate of drug-likeness (QED) is 0.160. The lowest BCUT2D eigenvalue weighted by molar-refractivity contribution is 0.0990. The number of para-hydroxylation sites is 2. The minimum absolute atomic E-state index is 0.0253. The number of fused-ring (bicyclic) bond motifs is 21. The fraction of sp³-hybridized carbons (Fsp3) is 0.323. The van der Waals surface area contributed by atoms with Crippen LogP contribution in [0.4, 0.5) is 34.1 Å². The van der Waals surface area contributed by atoms with Gasteiger partial charge in [-0.25, -0.2) is 0 Å². The van der Waals surface area contributed by atoms with Crippen LogP contribution in [-0.4, -0.2) is 6.71 Å². The maximum absolute atomic E-state index is 2.79. The number of anilines is 6. The maximum atomic E-state index is 2.79. The second-order valence-electron chi connectivity index (χ2n) is 23.3.